The maximum atomic E-state index is 10.8. The summed E-state index contributed by atoms with van der Waals surface area (Å²) in [6.45, 7) is 5.36. The number of benzene rings is 4. The van der Waals surface area contributed by atoms with Crippen LogP contribution in [0.25, 0.3) is 10.9 Å². The molecule has 0 saturated carbocycles. The van der Waals surface area contributed by atoms with Crippen LogP contribution in [0, 0.1) is 6.92 Å². The fourth-order valence-corrected chi connectivity index (χ4v) is 5.55. The van der Waals surface area contributed by atoms with E-state index < -0.39 is 6.10 Å². The maximum absolute atomic E-state index is 10.8. The summed E-state index contributed by atoms with van der Waals surface area (Å²) >= 11 is 0. The smallest absolute Gasteiger partial charge is 0.207 e. The van der Waals surface area contributed by atoms with E-state index in [4.69, 9.17) is 14.2 Å². The zero-order valence-electron chi connectivity index (χ0n) is 28.2. The molecule has 9 heteroatoms. The number of hydrogen-bond donors (Lipinski definition) is 5. The first-order valence-electron chi connectivity index (χ1n) is 16.2. The van der Waals surface area contributed by atoms with Gasteiger partial charge in [-0.25, -0.2) is 0 Å². The lowest BCUT2D eigenvalue weighted by molar-refractivity contribution is -0.109. The van der Waals surface area contributed by atoms with Gasteiger partial charge in [-0.1, -0.05) is 55.5 Å². The van der Waals surface area contributed by atoms with Gasteiger partial charge in [0, 0.05) is 35.9 Å². The zero-order chi connectivity index (χ0) is 34.3. The number of aromatic nitrogens is 1. The molecule has 0 saturated heterocycles. The summed E-state index contributed by atoms with van der Waals surface area (Å²) in [5.41, 5.74) is 6.95. The summed E-state index contributed by atoms with van der Waals surface area (Å²) in [5.74, 6) is 2.05. The van der Waals surface area contributed by atoms with Gasteiger partial charge in [-0.3, -0.25) is 4.79 Å². The summed E-state index contributed by atoms with van der Waals surface area (Å²) in [4.78, 5) is 13.5. The molecule has 9 nitrogen and oxygen atoms in total. The van der Waals surface area contributed by atoms with E-state index >= 15 is 0 Å². The third-order valence-corrected chi connectivity index (χ3v) is 8.16. The molecule has 0 spiro atoms. The van der Waals surface area contributed by atoms with E-state index in [9.17, 15) is 15.0 Å². The standard InChI is InChI=1S/C29H34N2O3.C10H13NO3/c1-3-26(15-22-9-11-27-24(14-22)13-20(2)31-27)30-17-28(33)23-10-12-29(25(16-23)18-32)34-19-21-7-5-4-6-8-21;1-13-9-4-3-5-10(14-2)8(9)6-11-7-12/h4-14,16,26,28,30-33H,3,15,17-19H2,1-2H3;3-5,7H,6H2,1-2H3,(H,11,12). The van der Waals surface area contributed by atoms with Crippen LogP contribution in [0.15, 0.2) is 91.0 Å². The van der Waals surface area contributed by atoms with E-state index in [1.165, 1.54) is 16.6 Å². The second-order valence-electron chi connectivity index (χ2n) is 11.5. The van der Waals surface area contributed by atoms with E-state index in [-0.39, 0.29) is 12.6 Å². The third kappa shape index (κ3) is 10.1. The number of aromatic amines is 1. The quantitative estimate of drug-likeness (QED) is 0.0811. The van der Waals surface area contributed by atoms with E-state index in [0.717, 1.165) is 35.0 Å². The van der Waals surface area contributed by atoms with Crippen LogP contribution in [0.2, 0.25) is 0 Å². The molecule has 1 aromatic heterocycles. The van der Waals surface area contributed by atoms with Crippen molar-refractivity contribution in [1.29, 1.82) is 0 Å². The minimum Gasteiger partial charge on any atom is -0.496 e. The number of aliphatic hydroxyl groups is 2. The lowest BCUT2D eigenvalue weighted by Crippen LogP contribution is -2.34. The summed E-state index contributed by atoms with van der Waals surface area (Å²) in [6.07, 6.45) is 1.84. The first-order valence-corrected chi connectivity index (χ1v) is 16.2. The largest absolute Gasteiger partial charge is 0.496 e. The van der Waals surface area contributed by atoms with Gasteiger partial charge in [-0.15, -0.1) is 0 Å². The van der Waals surface area contributed by atoms with Gasteiger partial charge >= 0.3 is 0 Å². The van der Waals surface area contributed by atoms with Crippen LogP contribution < -0.4 is 24.8 Å². The first-order chi connectivity index (χ1) is 23.4. The number of amides is 1. The van der Waals surface area contributed by atoms with Gasteiger partial charge in [-0.05, 0) is 84.3 Å². The minimum atomic E-state index is -0.669. The van der Waals surface area contributed by atoms with Crippen molar-refractivity contribution in [2.24, 2.45) is 0 Å². The van der Waals surface area contributed by atoms with Crippen molar-refractivity contribution >= 4 is 17.3 Å². The Labute approximate surface area is 282 Å². The average Bonchev–Trinajstić information content (AvgIpc) is 3.50. The molecule has 1 heterocycles. The summed E-state index contributed by atoms with van der Waals surface area (Å²) in [6, 6.07) is 29.9. The molecule has 4 aromatic carbocycles. The van der Waals surface area contributed by atoms with Crippen LogP contribution in [0.4, 0.5) is 0 Å². The number of fused-ring (bicyclic) bond motifs is 1. The molecule has 0 aliphatic rings. The maximum Gasteiger partial charge on any atom is 0.207 e. The zero-order valence-corrected chi connectivity index (χ0v) is 28.2. The van der Waals surface area contributed by atoms with Gasteiger partial charge in [0.1, 0.15) is 23.9 Å². The molecule has 0 bridgehead atoms. The molecule has 48 heavy (non-hydrogen) atoms. The van der Waals surface area contributed by atoms with Gasteiger partial charge in [-0.2, -0.15) is 0 Å². The lowest BCUT2D eigenvalue weighted by atomic mass is 10.0. The Hall–Kier alpha value is -4.83. The fraction of sp³-hybridized carbons (Fsp3) is 0.308. The third-order valence-electron chi connectivity index (χ3n) is 8.16. The molecule has 0 aliphatic carbocycles. The summed E-state index contributed by atoms with van der Waals surface area (Å²) in [7, 11) is 3.17. The molecule has 0 aliphatic heterocycles. The Bertz CT molecular complexity index is 1700. The predicted molar refractivity (Wildman–Crippen MR) is 189 cm³/mol. The number of methoxy groups -OCH3 is 2. The number of nitrogens with one attached hydrogen (secondary N) is 3. The van der Waals surface area contributed by atoms with Crippen molar-refractivity contribution in [2.75, 3.05) is 20.8 Å². The number of aryl methyl sites for hydroxylation is 1. The van der Waals surface area contributed by atoms with Crippen molar-refractivity contribution in [1.82, 2.24) is 15.6 Å². The van der Waals surface area contributed by atoms with Crippen LogP contribution in [0.5, 0.6) is 17.2 Å². The normalized spacial score (nSPS) is 12.0. The second kappa shape index (κ2) is 18.5. The minimum absolute atomic E-state index is 0.142. The molecule has 5 rings (SSSR count). The molecular formula is C39H47N3O6. The molecular weight excluding hydrogens is 606 g/mol. The molecule has 2 unspecified atom stereocenters. The van der Waals surface area contributed by atoms with Gasteiger partial charge < -0.3 is 40.0 Å². The molecule has 1 amide bonds. The Balaban J connectivity index is 0.000000312. The Morgan fingerprint density at radius 2 is 1.62 bits per heavy atom. The number of carbonyl (C=O) groups is 1. The summed E-state index contributed by atoms with van der Waals surface area (Å²) < 4.78 is 16.2. The highest BCUT2D eigenvalue weighted by molar-refractivity contribution is 5.81. The van der Waals surface area contributed by atoms with Crippen molar-refractivity contribution in [3.05, 3.63) is 125 Å². The molecule has 2 atom stereocenters. The average molecular weight is 654 g/mol. The molecule has 5 N–H and O–H groups in total. The molecule has 0 radical (unpaired) electrons. The lowest BCUT2D eigenvalue weighted by Gasteiger charge is -2.21. The van der Waals surface area contributed by atoms with Gasteiger partial charge in [0.15, 0.2) is 0 Å². The fourth-order valence-electron chi connectivity index (χ4n) is 5.55. The van der Waals surface area contributed by atoms with E-state index in [0.29, 0.717) is 48.9 Å². The Morgan fingerprint density at radius 1 is 0.875 bits per heavy atom. The highest BCUT2D eigenvalue weighted by Gasteiger charge is 2.15. The van der Waals surface area contributed by atoms with E-state index in [1.807, 2.05) is 66.7 Å². The Morgan fingerprint density at radius 3 is 2.29 bits per heavy atom. The predicted octanol–water partition coefficient (Wildman–Crippen LogP) is 6.14. The van der Waals surface area contributed by atoms with E-state index in [2.05, 4.69) is 53.7 Å². The highest BCUT2D eigenvalue weighted by Crippen LogP contribution is 2.28. The van der Waals surface area contributed by atoms with Crippen molar-refractivity contribution in [3.63, 3.8) is 0 Å². The number of hydrogen-bond acceptors (Lipinski definition) is 7. The van der Waals surface area contributed by atoms with Crippen LogP contribution >= 0.6 is 0 Å². The molecule has 0 fully saturated rings. The highest BCUT2D eigenvalue weighted by atomic mass is 16.5. The molecule has 5 aromatic rings. The molecule has 254 valence electrons. The SMILES string of the molecule is CCC(Cc1ccc2[nH]c(C)cc2c1)NCC(O)c1ccc(OCc2ccccc2)c(CO)c1.COc1cccc(OC)c1CNC=O. The van der Waals surface area contributed by atoms with Gasteiger partial charge in [0.2, 0.25) is 6.41 Å². The van der Waals surface area contributed by atoms with Crippen molar-refractivity contribution < 1.29 is 29.2 Å². The van der Waals surface area contributed by atoms with Gasteiger partial charge in [0.05, 0.1) is 32.5 Å². The van der Waals surface area contributed by atoms with E-state index in [1.54, 1.807) is 14.2 Å². The van der Waals surface area contributed by atoms with Crippen molar-refractivity contribution in [2.45, 2.75) is 58.6 Å². The van der Waals surface area contributed by atoms with Crippen LogP contribution in [0.3, 0.4) is 0 Å². The van der Waals surface area contributed by atoms with Crippen LogP contribution in [-0.2, 0) is 31.0 Å². The van der Waals surface area contributed by atoms with Crippen LogP contribution in [-0.4, -0.2) is 48.4 Å². The number of aliphatic hydroxyl groups excluding tert-OH is 2. The number of carbonyl (C=O) groups excluding carboxylic acids is 1. The second-order valence-corrected chi connectivity index (χ2v) is 11.5. The van der Waals surface area contributed by atoms with Gasteiger partial charge in [0.25, 0.3) is 0 Å². The van der Waals surface area contributed by atoms with Crippen molar-refractivity contribution in [3.8, 4) is 17.2 Å². The number of H-pyrrole nitrogens is 1. The van der Waals surface area contributed by atoms with Crippen LogP contribution in [0.1, 0.15) is 53.0 Å². The topological polar surface area (TPSA) is 125 Å². The monoisotopic (exact) mass is 653 g/mol. The number of ether oxygens (including phenoxy) is 3. The first kappa shape index (κ1) is 36.0. The number of rotatable bonds is 16. The summed E-state index contributed by atoms with van der Waals surface area (Å²) in [5, 5.41) is 28.0. The Kier molecular flexibility index (Phi) is 13.9.